The van der Waals surface area contributed by atoms with E-state index in [9.17, 15) is 9.59 Å². The van der Waals surface area contributed by atoms with Crippen LogP contribution < -0.4 is 10.1 Å². The Labute approximate surface area is 140 Å². The topological polar surface area (TPSA) is 55.4 Å². The molecular formula is C18H18ClNO3. The van der Waals surface area contributed by atoms with Crippen molar-refractivity contribution in [2.45, 2.75) is 25.7 Å². The monoisotopic (exact) mass is 331 g/mol. The van der Waals surface area contributed by atoms with Crippen LogP contribution >= 0.6 is 11.6 Å². The fourth-order valence-electron chi connectivity index (χ4n) is 2.75. The number of carbonyl (C=O) groups is 2. The van der Waals surface area contributed by atoms with E-state index in [-0.39, 0.29) is 34.5 Å². The van der Waals surface area contributed by atoms with Gasteiger partial charge in [0.2, 0.25) is 5.91 Å². The van der Waals surface area contributed by atoms with Gasteiger partial charge in [0.1, 0.15) is 5.02 Å². The van der Waals surface area contributed by atoms with E-state index in [4.69, 9.17) is 16.3 Å². The molecule has 5 heteroatoms. The van der Waals surface area contributed by atoms with Gasteiger partial charge in [0, 0.05) is 5.92 Å². The van der Waals surface area contributed by atoms with Crippen LogP contribution in [0.5, 0.6) is 5.75 Å². The average Bonchev–Trinajstić information content (AvgIpc) is 3.24. The van der Waals surface area contributed by atoms with Gasteiger partial charge in [-0.15, -0.1) is 0 Å². The number of esters is 1. The fourth-order valence-corrected chi connectivity index (χ4v) is 2.97. The summed E-state index contributed by atoms with van der Waals surface area (Å²) >= 11 is 6.29. The summed E-state index contributed by atoms with van der Waals surface area (Å²) in [5, 5.41) is 3.08. The molecule has 1 aromatic rings. The molecule has 0 bridgehead atoms. The van der Waals surface area contributed by atoms with Crippen molar-refractivity contribution in [2.75, 3.05) is 5.32 Å². The molecule has 0 unspecified atom stereocenters. The Morgan fingerprint density at radius 1 is 1.00 bits per heavy atom. The first-order chi connectivity index (χ1) is 11.1. The lowest BCUT2D eigenvalue weighted by atomic mass is 10.1. The quantitative estimate of drug-likeness (QED) is 0.513. The molecule has 4 nitrogen and oxygen atoms in total. The molecule has 120 valence electrons. The third-order valence-electron chi connectivity index (χ3n) is 4.15. The van der Waals surface area contributed by atoms with Crippen LogP contribution in [0.4, 0.5) is 5.69 Å². The number of halogens is 1. The summed E-state index contributed by atoms with van der Waals surface area (Å²) in [5.41, 5.74) is 0.471. The number of anilines is 1. The minimum Gasteiger partial charge on any atom is -0.425 e. The minimum atomic E-state index is -0.291. The molecule has 1 amide bonds. The van der Waals surface area contributed by atoms with Gasteiger partial charge in [-0.05, 0) is 37.8 Å². The van der Waals surface area contributed by atoms with Gasteiger partial charge < -0.3 is 10.1 Å². The van der Waals surface area contributed by atoms with Gasteiger partial charge in [0.05, 0.1) is 11.6 Å². The summed E-state index contributed by atoms with van der Waals surface area (Å²) < 4.78 is 5.40. The normalized spacial score (nSPS) is 17.6. The Kier molecular flexibility index (Phi) is 4.82. The first kappa shape index (κ1) is 15.8. The smallest absolute Gasteiger partial charge is 0.315 e. The third-order valence-corrected chi connectivity index (χ3v) is 4.54. The maximum Gasteiger partial charge on any atom is 0.315 e. The highest BCUT2D eigenvalue weighted by molar-refractivity contribution is 6.35. The summed E-state index contributed by atoms with van der Waals surface area (Å²) in [4.78, 5) is 24.3. The zero-order chi connectivity index (χ0) is 16.2. The van der Waals surface area contributed by atoms with Crippen molar-refractivity contribution in [3.8, 4) is 5.75 Å². The number of amides is 1. The number of nitrogens with one attached hydrogen (secondary N) is 1. The van der Waals surface area contributed by atoms with Crippen molar-refractivity contribution in [1.29, 1.82) is 0 Å². The summed E-state index contributed by atoms with van der Waals surface area (Å²) in [7, 11) is 0. The second kappa shape index (κ2) is 7.01. The molecule has 1 N–H and O–H groups in total. The van der Waals surface area contributed by atoms with Crippen molar-refractivity contribution in [1.82, 2.24) is 0 Å². The van der Waals surface area contributed by atoms with E-state index in [1.165, 1.54) is 0 Å². The number of allylic oxidation sites excluding steroid dienone is 4. The molecule has 0 fully saturated rings. The van der Waals surface area contributed by atoms with Crippen molar-refractivity contribution in [2.24, 2.45) is 11.8 Å². The van der Waals surface area contributed by atoms with Crippen molar-refractivity contribution < 1.29 is 14.3 Å². The molecule has 0 aliphatic heterocycles. The molecule has 0 atom stereocenters. The number of carbonyl (C=O) groups excluding carboxylic acids is 2. The van der Waals surface area contributed by atoms with Crippen molar-refractivity contribution in [3.63, 3.8) is 0 Å². The van der Waals surface area contributed by atoms with E-state index in [0.29, 0.717) is 18.5 Å². The first-order valence-corrected chi connectivity index (χ1v) is 8.14. The van der Waals surface area contributed by atoms with E-state index < -0.39 is 0 Å². The van der Waals surface area contributed by atoms with Gasteiger partial charge in [0.25, 0.3) is 0 Å². The molecule has 2 aliphatic rings. The molecule has 0 heterocycles. The molecule has 3 rings (SSSR count). The van der Waals surface area contributed by atoms with Crippen LogP contribution in [0, 0.1) is 11.8 Å². The van der Waals surface area contributed by atoms with Crippen LogP contribution in [0.2, 0.25) is 5.02 Å². The summed E-state index contributed by atoms with van der Waals surface area (Å²) in [5.74, 6) is -0.276. The standard InChI is InChI=1S/C18H18ClNO3/c19-16-14(20-17(21)12-6-1-2-7-12)10-5-11-15(16)23-18(22)13-8-3-4-9-13/h1-5,10-13H,6-9H2,(H,20,21). The number of rotatable bonds is 4. The predicted octanol–water partition coefficient (Wildman–Crippen LogP) is 4.12. The molecule has 0 saturated heterocycles. The Morgan fingerprint density at radius 3 is 2.26 bits per heavy atom. The van der Waals surface area contributed by atoms with E-state index in [1.54, 1.807) is 18.2 Å². The number of hydrogen-bond acceptors (Lipinski definition) is 3. The van der Waals surface area contributed by atoms with Crippen LogP contribution in [0.1, 0.15) is 25.7 Å². The summed E-state index contributed by atoms with van der Waals surface area (Å²) in [6.45, 7) is 0. The zero-order valence-electron chi connectivity index (χ0n) is 12.6. The van der Waals surface area contributed by atoms with E-state index in [0.717, 1.165) is 12.8 Å². The Hall–Kier alpha value is -2.07. The summed E-state index contributed by atoms with van der Waals surface area (Å²) in [6, 6.07) is 5.05. The Balaban J connectivity index is 1.67. The lowest BCUT2D eigenvalue weighted by molar-refractivity contribution is -0.138. The SMILES string of the molecule is O=C(Nc1cccc(OC(=O)C2CC=CC2)c1Cl)C1CC=CC1. The van der Waals surface area contributed by atoms with Crippen LogP contribution in [-0.4, -0.2) is 11.9 Å². The second-order valence-corrected chi connectivity index (χ2v) is 6.19. The maximum absolute atomic E-state index is 12.2. The molecule has 0 radical (unpaired) electrons. The van der Waals surface area contributed by atoms with Crippen molar-refractivity contribution >= 4 is 29.2 Å². The van der Waals surface area contributed by atoms with Crippen LogP contribution in [-0.2, 0) is 9.59 Å². The second-order valence-electron chi connectivity index (χ2n) is 5.81. The molecule has 1 aromatic carbocycles. The van der Waals surface area contributed by atoms with Crippen LogP contribution in [0.25, 0.3) is 0 Å². The first-order valence-electron chi connectivity index (χ1n) is 7.76. The zero-order valence-corrected chi connectivity index (χ0v) is 13.4. The van der Waals surface area contributed by atoms with E-state index in [2.05, 4.69) is 5.32 Å². The van der Waals surface area contributed by atoms with Crippen molar-refractivity contribution in [3.05, 3.63) is 47.5 Å². The molecule has 0 aromatic heterocycles. The summed E-state index contributed by atoms with van der Waals surface area (Å²) in [6.07, 6.45) is 10.8. The molecular weight excluding hydrogens is 314 g/mol. The van der Waals surface area contributed by atoms with E-state index in [1.807, 2.05) is 24.3 Å². The lowest BCUT2D eigenvalue weighted by Crippen LogP contribution is -2.21. The van der Waals surface area contributed by atoms with Gasteiger partial charge in [-0.1, -0.05) is 42.0 Å². The predicted molar refractivity (Wildman–Crippen MR) is 89.4 cm³/mol. The Bertz CT molecular complexity index is 611. The van der Waals surface area contributed by atoms with E-state index >= 15 is 0 Å². The van der Waals surface area contributed by atoms with Gasteiger partial charge >= 0.3 is 5.97 Å². The molecule has 2 aliphatic carbocycles. The van der Waals surface area contributed by atoms with Gasteiger partial charge in [-0.2, -0.15) is 0 Å². The average molecular weight is 332 g/mol. The van der Waals surface area contributed by atoms with Gasteiger partial charge in [0.15, 0.2) is 5.75 Å². The highest BCUT2D eigenvalue weighted by Gasteiger charge is 2.24. The Morgan fingerprint density at radius 2 is 1.61 bits per heavy atom. The fraction of sp³-hybridized carbons (Fsp3) is 0.333. The number of ether oxygens (including phenoxy) is 1. The maximum atomic E-state index is 12.2. The molecule has 0 saturated carbocycles. The third kappa shape index (κ3) is 3.64. The largest absolute Gasteiger partial charge is 0.425 e. The van der Waals surface area contributed by atoms with Crippen LogP contribution in [0.3, 0.4) is 0 Å². The molecule has 23 heavy (non-hydrogen) atoms. The number of benzene rings is 1. The number of hydrogen-bond donors (Lipinski definition) is 1. The highest BCUT2D eigenvalue weighted by Crippen LogP contribution is 2.34. The lowest BCUT2D eigenvalue weighted by Gasteiger charge is -2.15. The molecule has 0 spiro atoms. The van der Waals surface area contributed by atoms with Gasteiger partial charge in [-0.3, -0.25) is 9.59 Å². The van der Waals surface area contributed by atoms with Crippen LogP contribution in [0.15, 0.2) is 42.5 Å². The highest BCUT2D eigenvalue weighted by atomic mass is 35.5. The van der Waals surface area contributed by atoms with Gasteiger partial charge in [-0.25, -0.2) is 0 Å². The minimum absolute atomic E-state index is 0.0539.